The number of nitrogens with two attached hydrogens (primary N) is 1. The standard InChI is InChI=1S/C6H5BrF2N2O3S/c7-5-4(15(10,13)14)3(12)2(1-11-5)6(8)9/h1,6H,(H,11,12)(H2,10,13,14). The molecule has 0 fully saturated rings. The number of aromatic amines is 1. The van der Waals surface area contributed by atoms with Crippen LogP contribution in [0.4, 0.5) is 8.78 Å². The van der Waals surface area contributed by atoms with Crippen LogP contribution in [0.1, 0.15) is 12.0 Å². The minimum absolute atomic E-state index is 0.251. The lowest BCUT2D eigenvalue weighted by atomic mass is 10.3. The minimum atomic E-state index is -4.34. The average molecular weight is 303 g/mol. The molecule has 1 heterocycles. The summed E-state index contributed by atoms with van der Waals surface area (Å²) in [7, 11) is -4.34. The molecule has 0 spiro atoms. The fraction of sp³-hybridized carbons (Fsp3) is 0.167. The molecular weight excluding hydrogens is 298 g/mol. The monoisotopic (exact) mass is 302 g/mol. The Morgan fingerprint density at radius 2 is 2.00 bits per heavy atom. The van der Waals surface area contributed by atoms with Gasteiger partial charge in [-0.25, -0.2) is 22.3 Å². The van der Waals surface area contributed by atoms with Gasteiger partial charge in [-0.05, 0) is 15.9 Å². The first kappa shape index (κ1) is 12.3. The molecule has 0 saturated carbocycles. The normalized spacial score (nSPS) is 12.1. The van der Waals surface area contributed by atoms with Gasteiger partial charge >= 0.3 is 0 Å². The third-order valence-corrected chi connectivity index (χ3v) is 3.39. The number of halogens is 3. The molecule has 15 heavy (non-hydrogen) atoms. The van der Waals surface area contributed by atoms with Crippen molar-refractivity contribution in [1.82, 2.24) is 4.98 Å². The summed E-state index contributed by atoms with van der Waals surface area (Å²) in [5, 5.41) is 4.70. The van der Waals surface area contributed by atoms with Crippen molar-refractivity contribution >= 4 is 26.0 Å². The van der Waals surface area contributed by atoms with Gasteiger partial charge in [-0.15, -0.1) is 0 Å². The minimum Gasteiger partial charge on any atom is -0.354 e. The Bertz CT molecular complexity index is 540. The SMILES string of the molecule is NS(=O)(=O)c1c(Br)[nH]cc(C(F)F)c1=O. The number of alkyl halides is 2. The molecule has 0 saturated heterocycles. The first-order valence-electron chi connectivity index (χ1n) is 3.47. The molecule has 0 bridgehead atoms. The second-order valence-corrected chi connectivity index (χ2v) is 4.85. The predicted molar refractivity (Wildman–Crippen MR) is 51.1 cm³/mol. The highest BCUT2D eigenvalue weighted by Crippen LogP contribution is 2.19. The van der Waals surface area contributed by atoms with Gasteiger partial charge in [0.05, 0.1) is 5.56 Å². The lowest BCUT2D eigenvalue weighted by molar-refractivity contribution is 0.149. The highest BCUT2D eigenvalue weighted by Gasteiger charge is 2.23. The number of hydrogen-bond acceptors (Lipinski definition) is 3. The van der Waals surface area contributed by atoms with E-state index in [1.165, 1.54) is 0 Å². The number of hydrogen-bond donors (Lipinski definition) is 2. The molecule has 84 valence electrons. The van der Waals surface area contributed by atoms with Crippen molar-refractivity contribution in [3.8, 4) is 0 Å². The van der Waals surface area contributed by atoms with Gasteiger partial charge in [0.2, 0.25) is 15.5 Å². The maximum atomic E-state index is 12.3. The molecule has 0 amide bonds. The van der Waals surface area contributed by atoms with E-state index >= 15 is 0 Å². The topological polar surface area (TPSA) is 93.0 Å². The van der Waals surface area contributed by atoms with E-state index in [9.17, 15) is 22.0 Å². The summed E-state index contributed by atoms with van der Waals surface area (Å²) in [6.45, 7) is 0. The zero-order chi connectivity index (χ0) is 11.8. The summed E-state index contributed by atoms with van der Waals surface area (Å²) in [6, 6.07) is 0. The largest absolute Gasteiger partial charge is 0.354 e. The Kier molecular flexibility index (Phi) is 3.26. The van der Waals surface area contributed by atoms with E-state index in [1.807, 2.05) is 0 Å². The second kappa shape index (κ2) is 3.99. The summed E-state index contributed by atoms with van der Waals surface area (Å²) < 4.78 is 46.1. The van der Waals surface area contributed by atoms with Crippen LogP contribution in [-0.2, 0) is 10.0 Å². The van der Waals surface area contributed by atoms with Gasteiger partial charge < -0.3 is 4.98 Å². The maximum Gasteiger partial charge on any atom is 0.269 e. The molecule has 0 atom stereocenters. The molecule has 0 radical (unpaired) electrons. The lowest BCUT2D eigenvalue weighted by Crippen LogP contribution is -2.25. The van der Waals surface area contributed by atoms with Crippen LogP contribution in [0, 0.1) is 0 Å². The number of sulfonamides is 1. The van der Waals surface area contributed by atoms with Crippen LogP contribution in [0.15, 0.2) is 20.5 Å². The van der Waals surface area contributed by atoms with Crippen LogP contribution in [0.3, 0.4) is 0 Å². The Morgan fingerprint density at radius 3 is 2.40 bits per heavy atom. The van der Waals surface area contributed by atoms with Crippen molar-refractivity contribution in [3.63, 3.8) is 0 Å². The van der Waals surface area contributed by atoms with Crippen LogP contribution in [0.25, 0.3) is 0 Å². The van der Waals surface area contributed by atoms with Crippen molar-refractivity contribution in [2.75, 3.05) is 0 Å². The smallest absolute Gasteiger partial charge is 0.269 e. The molecule has 0 aromatic carbocycles. The van der Waals surface area contributed by atoms with Crippen molar-refractivity contribution in [2.45, 2.75) is 11.3 Å². The molecule has 0 unspecified atom stereocenters. The van der Waals surface area contributed by atoms with Crippen LogP contribution < -0.4 is 10.6 Å². The predicted octanol–water partition coefficient (Wildman–Crippen LogP) is 0.722. The quantitative estimate of drug-likeness (QED) is 0.788. The van der Waals surface area contributed by atoms with Crippen LogP contribution >= 0.6 is 15.9 Å². The lowest BCUT2D eigenvalue weighted by Gasteiger charge is -2.04. The first-order valence-corrected chi connectivity index (χ1v) is 5.81. The molecule has 0 aliphatic rings. The summed E-state index contributed by atoms with van der Waals surface area (Å²) >= 11 is 2.71. The molecule has 3 N–H and O–H groups in total. The Labute approximate surface area is 91.5 Å². The van der Waals surface area contributed by atoms with E-state index < -0.39 is 32.3 Å². The Morgan fingerprint density at radius 1 is 1.47 bits per heavy atom. The zero-order valence-electron chi connectivity index (χ0n) is 7.00. The Balaban J connectivity index is 3.67. The number of rotatable bonds is 2. The van der Waals surface area contributed by atoms with Gasteiger partial charge in [-0.3, -0.25) is 4.79 Å². The molecule has 9 heteroatoms. The van der Waals surface area contributed by atoms with Crippen LogP contribution in [0.2, 0.25) is 0 Å². The van der Waals surface area contributed by atoms with Crippen molar-refractivity contribution in [1.29, 1.82) is 0 Å². The van der Waals surface area contributed by atoms with E-state index in [4.69, 9.17) is 5.14 Å². The maximum absolute atomic E-state index is 12.3. The average Bonchev–Trinajstić information content (AvgIpc) is 2.00. The zero-order valence-corrected chi connectivity index (χ0v) is 9.40. The summed E-state index contributed by atoms with van der Waals surface area (Å²) in [4.78, 5) is 12.6. The molecule has 5 nitrogen and oxygen atoms in total. The van der Waals surface area contributed by atoms with E-state index in [-0.39, 0.29) is 4.60 Å². The summed E-state index contributed by atoms with van der Waals surface area (Å²) in [5.74, 6) is 0. The Hall–Kier alpha value is -0.800. The highest BCUT2D eigenvalue weighted by atomic mass is 79.9. The fourth-order valence-corrected chi connectivity index (χ4v) is 2.58. The van der Waals surface area contributed by atoms with Gasteiger partial charge in [0.25, 0.3) is 6.43 Å². The van der Waals surface area contributed by atoms with Crippen molar-refractivity contribution < 1.29 is 17.2 Å². The van der Waals surface area contributed by atoms with E-state index in [1.54, 1.807) is 0 Å². The molecule has 0 aliphatic carbocycles. The number of nitrogens with one attached hydrogen (secondary N) is 1. The number of primary sulfonamides is 1. The van der Waals surface area contributed by atoms with Gasteiger partial charge in [0.1, 0.15) is 4.60 Å². The summed E-state index contributed by atoms with van der Waals surface area (Å²) in [5.41, 5.74) is -2.25. The molecular formula is C6H5BrF2N2O3S. The summed E-state index contributed by atoms with van der Waals surface area (Å²) in [6.07, 6.45) is -2.34. The van der Waals surface area contributed by atoms with Crippen molar-refractivity contribution in [3.05, 3.63) is 26.6 Å². The second-order valence-electron chi connectivity index (χ2n) is 2.56. The van der Waals surface area contributed by atoms with E-state index in [0.29, 0.717) is 0 Å². The first-order chi connectivity index (χ1) is 6.75. The van der Waals surface area contributed by atoms with Gasteiger partial charge in [-0.1, -0.05) is 0 Å². The third-order valence-electron chi connectivity index (χ3n) is 1.54. The molecule has 1 rings (SSSR count). The third kappa shape index (κ3) is 2.41. The van der Waals surface area contributed by atoms with Crippen LogP contribution in [0.5, 0.6) is 0 Å². The van der Waals surface area contributed by atoms with Crippen molar-refractivity contribution in [2.24, 2.45) is 5.14 Å². The van der Waals surface area contributed by atoms with Gasteiger partial charge in [0, 0.05) is 6.20 Å². The molecule has 0 aliphatic heterocycles. The number of pyridine rings is 1. The molecule has 1 aromatic heterocycles. The highest BCUT2D eigenvalue weighted by molar-refractivity contribution is 9.10. The van der Waals surface area contributed by atoms with Crippen LogP contribution in [-0.4, -0.2) is 13.4 Å². The molecule has 1 aromatic rings. The van der Waals surface area contributed by atoms with Gasteiger partial charge in [-0.2, -0.15) is 0 Å². The number of aromatic nitrogens is 1. The van der Waals surface area contributed by atoms with E-state index in [0.717, 1.165) is 6.20 Å². The number of H-pyrrole nitrogens is 1. The fourth-order valence-electron chi connectivity index (χ4n) is 0.919. The van der Waals surface area contributed by atoms with E-state index in [2.05, 4.69) is 20.9 Å². The van der Waals surface area contributed by atoms with Gasteiger partial charge in [0.15, 0.2) is 4.90 Å².